The van der Waals surface area contributed by atoms with Gasteiger partial charge < -0.3 is 29.0 Å². The number of para-hydroxylation sites is 1. The van der Waals surface area contributed by atoms with E-state index in [0.717, 1.165) is 4.57 Å². The molecule has 230 valence electrons. The largest absolute Gasteiger partial charge is 0.496 e. The maximum absolute atomic E-state index is 15.0. The number of carbonyl (C=O) groups is 2. The van der Waals surface area contributed by atoms with Crippen molar-refractivity contribution >= 4 is 29.0 Å². The van der Waals surface area contributed by atoms with Gasteiger partial charge in [0.1, 0.15) is 27.9 Å². The minimum absolute atomic E-state index is 0.0184. The first kappa shape index (κ1) is 29.4. The molecular weight excluding hydrogens is 594 g/mol. The summed E-state index contributed by atoms with van der Waals surface area (Å²) < 4.78 is 30.8. The molecule has 2 aromatic carbocycles. The van der Waals surface area contributed by atoms with E-state index in [9.17, 15) is 14.4 Å². The van der Waals surface area contributed by atoms with Crippen LogP contribution in [0.5, 0.6) is 28.7 Å². The molecule has 2 aliphatic heterocycles. The number of halogens is 1. The normalized spacial score (nSPS) is 21.7. The number of hydrogen-bond donors (Lipinski definition) is 1. The highest BCUT2D eigenvalue weighted by atomic mass is 35.5. The fourth-order valence-electron chi connectivity index (χ4n) is 6.64. The van der Waals surface area contributed by atoms with Gasteiger partial charge in [0.25, 0.3) is 5.56 Å². The summed E-state index contributed by atoms with van der Waals surface area (Å²) in [5.74, 6) is -1.83. The molecule has 44 heavy (non-hydrogen) atoms. The molecule has 13 heteroatoms. The van der Waals surface area contributed by atoms with Gasteiger partial charge in [-0.15, -0.1) is 0 Å². The standard InChI is InChI=1S/C31H30ClN3O9/c1-13-11-15-20(26(36)31(13)27(37)21-17(41-5)12-18(42-6)23(32)25(21)44-31)19(14-9-8-10-16(40-4)24(14)43-7)22-28(33-15)34(2)30(39)35(3)29(22)38/h8-10,12-13,19,33H,11H2,1-7H3. The van der Waals surface area contributed by atoms with E-state index >= 15 is 4.79 Å². The monoisotopic (exact) mass is 623 g/mol. The van der Waals surface area contributed by atoms with E-state index in [-0.39, 0.29) is 57.0 Å². The van der Waals surface area contributed by atoms with Gasteiger partial charge in [0, 0.05) is 42.9 Å². The SMILES string of the molecule is COc1cc(OC)c2c(c1Cl)OC1(C(=O)C3=C(CC1C)Nc1c(c(=O)n(C)c(=O)n1C)C3c1cccc(OC)c1OC)C2=O. The van der Waals surface area contributed by atoms with E-state index in [4.69, 9.17) is 35.3 Å². The summed E-state index contributed by atoms with van der Waals surface area (Å²) in [4.78, 5) is 56.3. The van der Waals surface area contributed by atoms with Crippen molar-refractivity contribution in [2.24, 2.45) is 20.0 Å². The van der Waals surface area contributed by atoms with Crippen LogP contribution in [0.4, 0.5) is 5.82 Å². The summed E-state index contributed by atoms with van der Waals surface area (Å²) in [6.07, 6.45) is 0.156. The molecule has 1 aliphatic carbocycles. The number of fused-ring (bicyclic) bond motifs is 2. The second-order valence-electron chi connectivity index (χ2n) is 10.9. The zero-order valence-corrected chi connectivity index (χ0v) is 25.9. The number of carbonyl (C=O) groups excluding carboxylic acids is 2. The highest BCUT2D eigenvalue weighted by molar-refractivity contribution is 6.36. The maximum Gasteiger partial charge on any atom is 0.332 e. The number of allylic oxidation sites excluding steroid dienone is 1. The van der Waals surface area contributed by atoms with Crippen LogP contribution >= 0.6 is 11.6 Å². The lowest BCUT2D eigenvalue weighted by atomic mass is 9.65. The summed E-state index contributed by atoms with van der Waals surface area (Å²) in [6, 6.07) is 6.58. The molecule has 0 fully saturated rings. The fourth-order valence-corrected chi connectivity index (χ4v) is 6.90. The molecule has 1 aromatic heterocycles. The highest BCUT2D eigenvalue weighted by Crippen LogP contribution is 2.57. The molecule has 1 spiro atoms. The van der Waals surface area contributed by atoms with E-state index in [2.05, 4.69) is 5.32 Å². The summed E-state index contributed by atoms with van der Waals surface area (Å²) in [5, 5.41) is 3.22. The fraction of sp³-hybridized carbons (Fsp3) is 0.355. The van der Waals surface area contributed by atoms with Gasteiger partial charge in [-0.1, -0.05) is 30.7 Å². The number of ether oxygens (including phenoxy) is 5. The minimum atomic E-state index is -2.03. The Morgan fingerprint density at radius 1 is 0.932 bits per heavy atom. The third-order valence-corrected chi connectivity index (χ3v) is 9.18. The van der Waals surface area contributed by atoms with Crippen LogP contribution in [-0.4, -0.2) is 54.7 Å². The van der Waals surface area contributed by atoms with Gasteiger partial charge in [-0.2, -0.15) is 0 Å². The summed E-state index contributed by atoms with van der Waals surface area (Å²) in [5.41, 5.74) is -2.04. The third-order valence-electron chi connectivity index (χ3n) is 8.82. The molecule has 6 rings (SSSR count). The number of ketones is 2. The Bertz CT molecular complexity index is 1940. The van der Waals surface area contributed by atoms with Gasteiger partial charge in [0.05, 0.1) is 39.9 Å². The van der Waals surface area contributed by atoms with Crippen molar-refractivity contribution in [3.63, 3.8) is 0 Å². The Balaban J connectivity index is 1.65. The number of nitrogens with zero attached hydrogens (tertiary/aromatic N) is 2. The molecular formula is C31H30ClN3O9. The molecule has 0 saturated heterocycles. The number of benzene rings is 2. The number of aromatic nitrogens is 2. The van der Waals surface area contributed by atoms with E-state index in [0.29, 0.717) is 17.0 Å². The summed E-state index contributed by atoms with van der Waals surface area (Å²) in [7, 11) is 8.63. The number of nitrogens with one attached hydrogen (secondary N) is 1. The number of rotatable bonds is 5. The minimum Gasteiger partial charge on any atom is -0.496 e. The second-order valence-corrected chi connectivity index (χ2v) is 11.3. The molecule has 0 amide bonds. The number of anilines is 1. The molecule has 0 radical (unpaired) electrons. The second kappa shape index (κ2) is 10.2. The van der Waals surface area contributed by atoms with Crippen LogP contribution in [-0.2, 0) is 18.9 Å². The van der Waals surface area contributed by atoms with Crippen molar-refractivity contribution in [1.82, 2.24) is 9.13 Å². The quantitative estimate of drug-likeness (QED) is 0.422. The Kier molecular flexibility index (Phi) is 6.80. The zero-order valence-electron chi connectivity index (χ0n) is 25.1. The average molecular weight is 624 g/mol. The lowest BCUT2D eigenvalue weighted by molar-refractivity contribution is -0.130. The van der Waals surface area contributed by atoms with Crippen LogP contribution in [0.3, 0.4) is 0 Å². The summed E-state index contributed by atoms with van der Waals surface area (Å²) >= 11 is 6.62. The molecule has 12 nitrogen and oxygen atoms in total. The predicted molar refractivity (Wildman–Crippen MR) is 160 cm³/mol. The smallest absolute Gasteiger partial charge is 0.332 e. The van der Waals surface area contributed by atoms with Gasteiger partial charge >= 0.3 is 5.69 Å². The lowest BCUT2D eigenvalue weighted by Gasteiger charge is -2.42. The van der Waals surface area contributed by atoms with Crippen molar-refractivity contribution in [3.8, 4) is 28.7 Å². The van der Waals surface area contributed by atoms with E-state index < -0.39 is 40.3 Å². The van der Waals surface area contributed by atoms with Crippen LogP contribution in [0.15, 0.2) is 45.1 Å². The molecule has 3 unspecified atom stereocenters. The van der Waals surface area contributed by atoms with Crippen molar-refractivity contribution < 1.29 is 33.3 Å². The third kappa shape index (κ3) is 3.63. The molecule has 0 saturated carbocycles. The highest BCUT2D eigenvalue weighted by Gasteiger charge is 2.64. The van der Waals surface area contributed by atoms with Crippen LogP contribution in [0.1, 0.15) is 40.7 Å². The predicted octanol–water partition coefficient (Wildman–Crippen LogP) is 3.21. The van der Waals surface area contributed by atoms with Gasteiger partial charge in [-0.25, -0.2) is 4.79 Å². The van der Waals surface area contributed by atoms with Crippen molar-refractivity contribution in [2.75, 3.05) is 33.8 Å². The van der Waals surface area contributed by atoms with Gasteiger partial charge in [-0.3, -0.25) is 23.5 Å². The molecule has 0 bridgehead atoms. The topological polar surface area (TPSA) is 136 Å². The first-order valence-electron chi connectivity index (χ1n) is 13.7. The Morgan fingerprint density at radius 2 is 1.61 bits per heavy atom. The van der Waals surface area contributed by atoms with E-state index in [1.165, 1.54) is 53.2 Å². The number of Topliss-reactive ketones (excluding diaryl/α,β-unsaturated/α-hetero) is 2. The lowest BCUT2D eigenvalue weighted by Crippen LogP contribution is -2.58. The number of methoxy groups -OCH3 is 4. The Labute approximate surface area is 256 Å². The molecule has 1 N–H and O–H groups in total. The Hall–Kier alpha value is -4.71. The molecule has 3 atom stereocenters. The van der Waals surface area contributed by atoms with E-state index in [1.54, 1.807) is 25.1 Å². The van der Waals surface area contributed by atoms with E-state index in [1.807, 2.05) is 0 Å². The average Bonchev–Trinajstić information content (AvgIpc) is 3.35. The van der Waals surface area contributed by atoms with Crippen LogP contribution in [0.25, 0.3) is 0 Å². The van der Waals surface area contributed by atoms with Crippen molar-refractivity contribution in [3.05, 3.63) is 78.1 Å². The zero-order chi connectivity index (χ0) is 31.8. The summed E-state index contributed by atoms with van der Waals surface area (Å²) in [6.45, 7) is 1.73. The van der Waals surface area contributed by atoms with Crippen LogP contribution < -0.4 is 40.3 Å². The molecule has 3 aliphatic rings. The first-order valence-corrected chi connectivity index (χ1v) is 14.1. The van der Waals surface area contributed by atoms with Crippen LogP contribution in [0.2, 0.25) is 5.02 Å². The number of hydrogen-bond acceptors (Lipinski definition) is 10. The van der Waals surface area contributed by atoms with Gasteiger partial charge in [0.2, 0.25) is 17.2 Å². The van der Waals surface area contributed by atoms with Gasteiger partial charge in [0.15, 0.2) is 17.2 Å². The van der Waals surface area contributed by atoms with Gasteiger partial charge in [-0.05, 0) is 12.5 Å². The van der Waals surface area contributed by atoms with Crippen molar-refractivity contribution in [2.45, 2.75) is 24.9 Å². The first-order chi connectivity index (χ1) is 21.0. The van der Waals surface area contributed by atoms with Crippen molar-refractivity contribution in [1.29, 1.82) is 0 Å². The maximum atomic E-state index is 15.0. The Morgan fingerprint density at radius 3 is 2.25 bits per heavy atom. The molecule has 3 aromatic rings. The van der Waals surface area contributed by atoms with Crippen LogP contribution in [0, 0.1) is 5.92 Å². The molecule has 3 heterocycles.